The number of ether oxygens (including phenoxy) is 1. The topological polar surface area (TPSA) is 81.4 Å². The van der Waals surface area contributed by atoms with E-state index in [-0.39, 0.29) is 11.4 Å². The summed E-state index contributed by atoms with van der Waals surface area (Å²) in [4.78, 5) is 0.223. The van der Waals surface area contributed by atoms with E-state index in [0.717, 1.165) is 5.56 Å². The quantitative estimate of drug-likeness (QED) is 0.804. The second-order valence-corrected chi connectivity index (χ2v) is 6.66. The largest absolute Gasteiger partial charge is 0.380 e. The molecule has 0 unspecified atom stereocenters. The van der Waals surface area contributed by atoms with Crippen LogP contribution in [0.5, 0.6) is 0 Å². The zero-order valence-corrected chi connectivity index (χ0v) is 11.8. The molecule has 1 aromatic carbocycles. The van der Waals surface area contributed by atoms with Crippen LogP contribution in [0.1, 0.15) is 19.4 Å². The van der Waals surface area contributed by atoms with Crippen molar-refractivity contribution in [2.24, 2.45) is 5.73 Å². The smallest absolute Gasteiger partial charge is 0.240 e. The van der Waals surface area contributed by atoms with E-state index in [9.17, 15) is 8.42 Å². The fraction of sp³-hybridized carbons (Fsp3) is 0.500. The van der Waals surface area contributed by atoms with Crippen molar-refractivity contribution < 1.29 is 13.2 Å². The van der Waals surface area contributed by atoms with Gasteiger partial charge < -0.3 is 10.5 Å². The molecule has 18 heavy (non-hydrogen) atoms. The van der Waals surface area contributed by atoms with Crippen molar-refractivity contribution in [2.45, 2.75) is 30.9 Å². The molecular weight excluding hydrogens is 252 g/mol. The van der Waals surface area contributed by atoms with E-state index in [4.69, 9.17) is 10.5 Å². The van der Waals surface area contributed by atoms with E-state index in [1.807, 2.05) is 6.07 Å². The molecule has 0 aliphatic rings. The van der Waals surface area contributed by atoms with Crippen LogP contribution in [-0.2, 0) is 21.4 Å². The number of sulfonamides is 1. The van der Waals surface area contributed by atoms with E-state index in [0.29, 0.717) is 6.61 Å². The molecule has 0 aliphatic carbocycles. The maximum atomic E-state index is 12.0. The third-order valence-corrected chi connectivity index (χ3v) is 3.64. The van der Waals surface area contributed by atoms with Crippen molar-refractivity contribution in [2.75, 3.05) is 13.7 Å². The summed E-state index contributed by atoms with van der Waals surface area (Å²) < 4.78 is 31.5. The van der Waals surface area contributed by atoms with Crippen LogP contribution in [-0.4, -0.2) is 27.6 Å². The van der Waals surface area contributed by atoms with E-state index < -0.39 is 15.6 Å². The van der Waals surface area contributed by atoms with Crippen molar-refractivity contribution in [3.63, 3.8) is 0 Å². The normalized spacial score (nSPS) is 12.7. The summed E-state index contributed by atoms with van der Waals surface area (Å²) in [5.74, 6) is 0. The number of hydrogen-bond acceptors (Lipinski definition) is 4. The van der Waals surface area contributed by atoms with Crippen LogP contribution in [0.2, 0.25) is 0 Å². The van der Waals surface area contributed by atoms with Gasteiger partial charge in [-0.2, -0.15) is 0 Å². The van der Waals surface area contributed by atoms with E-state index in [1.54, 1.807) is 39.2 Å². The Morgan fingerprint density at radius 2 is 2.06 bits per heavy atom. The Bertz CT molecular complexity index is 492. The molecule has 6 heteroatoms. The van der Waals surface area contributed by atoms with Gasteiger partial charge >= 0.3 is 0 Å². The molecule has 0 saturated heterocycles. The third-order valence-electron chi connectivity index (χ3n) is 2.24. The number of rotatable bonds is 6. The van der Waals surface area contributed by atoms with Gasteiger partial charge in [-0.05, 0) is 31.5 Å². The van der Waals surface area contributed by atoms with Crippen molar-refractivity contribution in [3.8, 4) is 0 Å². The third kappa shape index (κ3) is 4.73. The van der Waals surface area contributed by atoms with Crippen molar-refractivity contribution >= 4 is 10.0 Å². The van der Waals surface area contributed by atoms with Crippen LogP contribution >= 0.6 is 0 Å². The molecule has 0 saturated carbocycles. The van der Waals surface area contributed by atoms with Gasteiger partial charge in [0.25, 0.3) is 0 Å². The minimum atomic E-state index is -3.52. The molecule has 0 radical (unpaired) electrons. The van der Waals surface area contributed by atoms with Gasteiger partial charge in [-0.1, -0.05) is 12.1 Å². The predicted molar refractivity (Wildman–Crippen MR) is 70.6 cm³/mol. The van der Waals surface area contributed by atoms with Crippen LogP contribution in [0.4, 0.5) is 0 Å². The maximum Gasteiger partial charge on any atom is 0.240 e. The van der Waals surface area contributed by atoms with Gasteiger partial charge in [0.2, 0.25) is 10.0 Å². The highest BCUT2D eigenvalue weighted by molar-refractivity contribution is 7.89. The van der Waals surface area contributed by atoms with E-state index >= 15 is 0 Å². The lowest BCUT2D eigenvalue weighted by Gasteiger charge is -2.19. The van der Waals surface area contributed by atoms with Crippen molar-refractivity contribution in [1.82, 2.24) is 4.72 Å². The minimum absolute atomic E-state index is 0.184. The van der Waals surface area contributed by atoms with Gasteiger partial charge in [0.1, 0.15) is 0 Å². The molecule has 0 heterocycles. The molecule has 1 rings (SSSR count). The summed E-state index contributed by atoms with van der Waals surface area (Å²) in [7, 11) is -1.95. The first-order valence-electron chi connectivity index (χ1n) is 5.61. The average Bonchev–Trinajstić information content (AvgIpc) is 2.27. The summed E-state index contributed by atoms with van der Waals surface area (Å²) in [6.07, 6.45) is 0. The Balaban J connectivity index is 2.88. The Kier molecular flexibility index (Phi) is 4.86. The zero-order valence-electron chi connectivity index (χ0n) is 10.9. The monoisotopic (exact) mass is 272 g/mol. The maximum absolute atomic E-state index is 12.0. The fourth-order valence-electron chi connectivity index (χ4n) is 1.33. The summed E-state index contributed by atoms with van der Waals surface area (Å²) in [6.45, 7) is 4.09. The Morgan fingerprint density at radius 1 is 1.39 bits per heavy atom. The predicted octanol–water partition coefficient (Wildman–Crippen LogP) is 0.849. The average molecular weight is 272 g/mol. The lowest BCUT2D eigenvalue weighted by Crippen LogP contribution is -2.45. The number of methoxy groups -OCH3 is 1. The van der Waals surface area contributed by atoms with Crippen molar-refractivity contribution in [3.05, 3.63) is 29.8 Å². The van der Waals surface area contributed by atoms with Gasteiger partial charge in [-0.15, -0.1) is 0 Å². The standard InChI is InChI=1S/C12H20N2O3S/c1-12(2,13)9-14-18(15,16)11-6-4-5-10(7-11)8-17-3/h4-7,14H,8-9,13H2,1-3H3. The molecule has 3 N–H and O–H groups in total. The number of hydrogen-bond donors (Lipinski definition) is 2. The van der Waals surface area contributed by atoms with Crippen LogP contribution < -0.4 is 10.5 Å². The molecule has 0 bridgehead atoms. The lowest BCUT2D eigenvalue weighted by molar-refractivity contribution is 0.184. The van der Waals surface area contributed by atoms with Gasteiger partial charge in [-0.25, -0.2) is 13.1 Å². The molecule has 0 fully saturated rings. The fourth-order valence-corrected chi connectivity index (χ4v) is 2.63. The molecule has 0 spiro atoms. The van der Waals surface area contributed by atoms with Crippen molar-refractivity contribution in [1.29, 1.82) is 0 Å². The highest BCUT2D eigenvalue weighted by Crippen LogP contribution is 2.12. The first-order chi connectivity index (χ1) is 8.24. The van der Waals surface area contributed by atoms with Gasteiger partial charge in [-0.3, -0.25) is 0 Å². The molecule has 0 amide bonds. The highest BCUT2D eigenvalue weighted by Gasteiger charge is 2.18. The molecule has 5 nitrogen and oxygen atoms in total. The van der Waals surface area contributed by atoms with Crippen LogP contribution in [0.15, 0.2) is 29.2 Å². The molecule has 0 atom stereocenters. The second kappa shape index (κ2) is 5.79. The Hall–Kier alpha value is -0.950. The summed E-state index contributed by atoms with van der Waals surface area (Å²) in [6, 6.07) is 6.65. The summed E-state index contributed by atoms with van der Waals surface area (Å²) in [5, 5.41) is 0. The summed E-state index contributed by atoms with van der Waals surface area (Å²) >= 11 is 0. The first kappa shape index (κ1) is 15.1. The highest BCUT2D eigenvalue weighted by atomic mass is 32.2. The molecule has 0 aromatic heterocycles. The van der Waals surface area contributed by atoms with Gasteiger partial charge in [0.15, 0.2) is 0 Å². The second-order valence-electron chi connectivity index (χ2n) is 4.89. The van der Waals surface area contributed by atoms with E-state index in [1.165, 1.54) is 0 Å². The molecule has 102 valence electrons. The Labute approximate surface area is 108 Å². The lowest BCUT2D eigenvalue weighted by atomic mass is 10.1. The number of benzene rings is 1. The minimum Gasteiger partial charge on any atom is -0.380 e. The molecule has 1 aromatic rings. The first-order valence-corrected chi connectivity index (χ1v) is 7.09. The number of nitrogens with two attached hydrogens (primary N) is 1. The molecule has 0 aliphatic heterocycles. The van der Waals surface area contributed by atoms with Crippen LogP contribution in [0.3, 0.4) is 0 Å². The summed E-state index contributed by atoms with van der Waals surface area (Å²) in [5.41, 5.74) is 5.98. The Morgan fingerprint density at radius 3 is 2.61 bits per heavy atom. The van der Waals surface area contributed by atoms with Crippen LogP contribution in [0.25, 0.3) is 0 Å². The number of nitrogens with one attached hydrogen (secondary N) is 1. The zero-order chi connectivity index (χ0) is 13.8. The molecular formula is C12H20N2O3S. The van der Waals surface area contributed by atoms with Gasteiger partial charge in [0.05, 0.1) is 11.5 Å². The van der Waals surface area contributed by atoms with Crippen LogP contribution in [0, 0.1) is 0 Å². The SMILES string of the molecule is COCc1cccc(S(=O)(=O)NCC(C)(C)N)c1. The van der Waals surface area contributed by atoms with E-state index in [2.05, 4.69) is 4.72 Å². The van der Waals surface area contributed by atoms with Gasteiger partial charge in [0, 0.05) is 19.2 Å².